The Hall–Kier alpha value is -1.36. The van der Waals surface area contributed by atoms with Crippen molar-refractivity contribution in [3.05, 3.63) is 18.0 Å². The molecular weight excluding hydrogens is 194 g/mol. The first-order valence-corrected chi connectivity index (χ1v) is 5.11. The van der Waals surface area contributed by atoms with Crippen molar-refractivity contribution in [3.63, 3.8) is 0 Å². The molecule has 1 aromatic heterocycles. The number of carboxylic acid groups (broad SMARTS) is 1. The number of aryl methyl sites for hydroxylation is 1. The Bertz CT molecular complexity index is 380. The van der Waals surface area contributed by atoms with Gasteiger partial charge < -0.3 is 10.8 Å². The van der Waals surface area contributed by atoms with Crippen LogP contribution in [0.2, 0.25) is 0 Å². The first kappa shape index (κ1) is 10.2. The largest absolute Gasteiger partial charge is 0.481 e. The molecule has 5 heteroatoms. The maximum absolute atomic E-state index is 11.3. The van der Waals surface area contributed by atoms with Gasteiger partial charge in [-0.2, -0.15) is 5.10 Å². The zero-order valence-electron chi connectivity index (χ0n) is 8.68. The van der Waals surface area contributed by atoms with Crippen LogP contribution in [0.3, 0.4) is 0 Å². The lowest BCUT2D eigenvalue weighted by Gasteiger charge is -2.42. The van der Waals surface area contributed by atoms with Crippen LogP contribution in [0, 0.1) is 0 Å². The van der Waals surface area contributed by atoms with Crippen molar-refractivity contribution in [2.24, 2.45) is 5.73 Å². The Morgan fingerprint density at radius 1 is 1.80 bits per heavy atom. The second-order valence-electron chi connectivity index (χ2n) is 4.09. The van der Waals surface area contributed by atoms with E-state index in [-0.39, 0.29) is 6.04 Å². The minimum Gasteiger partial charge on any atom is -0.481 e. The van der Waals surface area contributed by atoms with Crippen molar-refractivity contribution < 1.29 is 9.90 Å². The van der Waals surface area contributed by atoms with E-state index in [1.54, 1.807) is 16.9 Å². The van der Waals surface area contributed by atoms with Crippen molar-refractivity contribution in [1.29, 1.82) is 0 Å². The van der Waals surface area contributed by atoms with Crippen molar-refractivity contribution in [1.82, 2.24) is 9.78 Å². The molecule has 15 heavy (non-hydrogen) atoms. The average Bonchev–Trinajstić information content (AvgIpc) is 2.59. The van der Waals surface area contributed by atoms with E-state index in [4.69, 9.17) is 5.73 Å². The van der Waals surface area contributed by atoms with Crippen molar-refractivity contribution in [2.45, 2.75) is 37.8 Å². The van der Waals surface area contributed by atoms with Gasteiger partial charge in [0.1, 0.15) is 5.41 Å². The predicted molar refractivity (Wildman–Crippen MR) is 54.4 cm³/mol. The monoisotopic (exact) mass is 209 g/mol. The summed E-state index contributed by atoms with van der Waals surface area (Å²) in [5.74, 6) is -0.792. The average molecular weight is 209 g/mol. The summed E-state index contributed by atoms with van der Waals surface area (Å²) in [6.45, 7) is 2.64. The van der Waals surface area contributed by atoms with Gasteiger partial charge in [0.25, 0.3) is 0 Å². The maximum atomic E-state index is 11.3. The van der Waals surface area contributed by atoms with Crippen LogP contribution >= 0.6 is 0 Å². The van der Waals surface area contributed by atoms with E-state index in [0.717, 1.165) is 5.69 Å². The van der Waals surface area contributed by atoms with E-state index < -0.39 is 11.4 Å². The molecule has 1 aliphatic rings. The second-order valence-corrected chi connectivity index (χ2v) is 4.09. The molecule has 0 saturated heterocycles. The van der Waals surface area contributed by atoms with Gasteiger partial charge in [-0.3, -0.25) is 9.48 Å². The number of nitrogens with two attached hydrogens (primary N) is 1. The first-order valence-electron chi connectivity index (χ1n) is 5.11. The summed E-state index contributed by atoms with van der Waals surface area (Å²) < 4.78 is 1.74. The zero-order chi connectivity index (χ0) is 11.1. The molecule has 0 bridgehead atoms. The number of carboxylic acids is 1. The Labute approximate surface area is 87.9 Å². The number of aliphatic carboxylic acids is 1. The van der Waals surface area contributed by atoms with Crippen molar-refractivity contribution in [2.75, 3.05) is 0 Å². The molecule has 0 aromatic carbocycles. The van der Waals surface area contributed by atoms with E-state index in [2.05, 4.69) is 5.10 Å². The summed E-state index contributed by atoms with van der Waals surface area (Å²) in [4.78, 5) is 11.3. The molecule has 5 nitrogen and oxygen atoms in total. The van der Waals surface area contributed by atoms with Gasteiger partial charge in [0.2, 0.25) is 0 Å². The second kappa shape index (κ2) is 3.34. The van der Waals surface area contributed by atoms with Gasteiger partial charge >= 0.3 is 5.97 Å². The Balaban J connectivity index is 2.38. The van der Waals surface area contributed by atoms with Gasteiger partial charge in [-0.15, -0.1) is 0 Å². The van der Waals surface area contributed by atoms with Gasteiger partial charge in [-0.05, 0) is 25.8 Å². The van der Waals surface area contributed by atoms with Crippen LogP contribution in [0.4, 0.5) is 0 Å². The smallest absolute Gasteiger partial charge is 0.315 e. The summed E-state index contributed by atoms with van der Waals surface area (Å²) in [6, 6.07) is 1.78. The first-order chi connectivity index (χ1) is 7.10. The highest BCUT2D eigenvalue weighted by Gasteiger charge is 2.52. The molecule has 1 aliphatic carbocycles. The van der Waals surface area contributed by atoms with Crippen molar-refractivity contribution >= 4 is 5.97 Å². The molecule has 1 fully saturated rings. The van der Waals surface area contributed by atoms with Crippen LogP contribution in [0.1, 0.15) is 25.5 Å². The van der Waals surface area contributed by atoms with Gasteiger partial charge in [-0.25, -0.2) is 0 Å². The highest BCUT2D eigenvalue weighted by atomic mass is 16.4. The van der Waals surface area contributed by atoms with Crippen LogP contribution in [-0.4, -0.2) is 26.9 Å². The maximum Gasteiger partial charge on any atom is 0.315 e. The highest BCUT2D eigenvalue weighted by molar-refractivity contribution is 5.82. The summed E-state index contributed by atoms with van der Waals surface area (Å²) in [5, 5.41) is 13.4. The summed E-state index contributed by atoms with van der Waals surface area (Å²) >= 11 is 0. The van der Waals surface area contributed by atoms with Crippen LogP contribution in [0.25, 0.3) is 0 Å². The third kappa shape index (κ3) is 1.34. The topological polar surface area (TPSA) is 81.1 Å². The number of carbonyl (C=O) groups is 1. The molecule has 0 amide bonds. The fourth-order valence-corrected chi connectivity index (χ4v) is 2.32. The van der Waals surface area contributed by atoms with Crippen molar-refractivity contribution in [3.8, 4) is 0 Å². The number of hydrogen-bond donors (Lipinski definition) is 2. The molecule has 1 heterocycles. The molecule has 0 unspecified atom stereocenters. The van der Waals surface area contributed by atoms with Gasteiger partial charge in [-0.1, -0.05) is 0 Å². The van der Waals surface area contributed by atoms with Crippen LogP contribution in [0.5, 0.6) is 0 Å². The summed E-state index contributed by atoms with van der Waals surface area (Å²) in [7, 11) is 0. The number of hydrogen-bond acceptors (Lipinski definition) is 3. The third-order valence-electron chi connectivity index (χ3n) is 3.14. The molecule has 82 valence electrons. The lowest BCUT2D eigenvalue weighted by molar-refractivity contribution is -0.148. The van der Waals surface area contributed by atoms with Crippen LogP contribution in [0.15, 0.2) is 12.3 Å². The minimum absolute atomic E-state index is 0.00121. The van der Waals surface area contributed by atoms with E-state index in [9.17, 15) is 9.90 Å². The van der Waals surface area contributed by atoms with Gasteiger partial charge in [0.05, 0.1) is 5.69 Å². The predicted octanol–water partition coefficient (Wildman–Crippen LogP) is 0.346. The van der Waals surface area contributed by atoms with E-state index in [1.165, 1.54) is 0 Å². The van der Waals surface area contributed by atoms with E-state index >= 15 is 0 Å². The number of nitrogens with zero attached hydrogens (tertiary/aromatic N) is 2. The summed E-state index contributed by atoms with van der Waals surface area (Å²) in [6.07, 6.45) is 2.66. The zero-order valence-corrected chi connectivity index (χ0v) is 8.68. The molecule has 2 rings (SSSR count). The number of rotatable bonds is 3. The molecule has 0 radical (unpaired) electrons. The van der Waals surface area contributed by atoms with E-state index in [0.29, 0.717) is 19.4 Å². The normalized spacial score (nSPS) is 29.9. The third-order valence-corrected chi connectivity index (χ3v) is 3.14. The molecular formula is C10H15N3O2. The number of aromatic nitrogens is 2. The fourth-order valence-electron chi connectivity index (χ4n) is 2.32. The molecule has 0 spiro atoms. The lowest BCUT2D eigenvalue weighted by atomic mass is 9.63. The van der Waals surface area contributed by atoms with E-state index in [1.807, 2.05) is 6.92 Å². The van der Waals surface area contributed by atoms with Gasteiger partial charge in [0, 0.05) is 18.8 Å². The lowest BCUT2D eigenvalue weighted by Crippen LogP contribution is -2.55. The Morgan fingerprint density at radius 2 is 2.47 bits per heavy atom. The molecule has 0 atom stereocenters. The summed E-state index contributed by atoms with van der Waals surface area (Å²) in [5.41, 5.74) is 5.67. The Kier molecular flexibility index (Phi) is 2.26. The molecule has 1 saturated carbocycles. The quantitative estimate of drug-likeness (QED) is 0.752. The molecule has 3 N–H and O–H groups in total. The molecule has 1 aromatic rings. The highest BCUT2D eigenvalue weighted by Crippen LogP contribution is 2.43. The van der Waals surface area contributed by atoms with Gasteiger partial charge in [0.15, 0.2) is 0 Å². The SMILES string of the molecule is CCn1nccc1C1(C(=O)O)CC(N)C1. The fraction of sp³-hybridized carbons (Fsp3) is 0.600. The van der Waals surface area contributed by atoms with Crippen LogP contribution < -0.4 is 5.73 Å². The molecule has 0 aliphatic heterocycles. The Morgan fingerprint density at radius 3 is 2.93 bits per heavy atom. The minimum atomic E-state index is -0.800. The standard InChI is InChI=1S/C10H15N3O2/c1-2-13-8(3-4-12-13)10(9(14)15)5-7(11)6-10/h3-4,7H,2,5-6,11H2,1H3,(H,14,15). The van der Waals surface area contributed by atoms with Crippen LogP contribution in [-0.2, 0) is 16.8 Å².